The van der Waals surface area contributed by atoms with Gasteiger partial charge in [-0.2, -0.15) is 4.98 Å². The Morgan fingerprint density at radius 2 is 2.06 bits per heavy atom. The summed E-state index contributed by atoms with van der Waals surface area (Å²) in [7, 11) is 1.55. The largest absolute Gasteiger partial charge is 0.492 e. The summed E-state index contributed by atoms with van der Waals surface area (Å²) in [5.74, 6) is 0.0866. The van der Waals surface area contributed by atoms with Crippen LogP contribution in [0.15, 0.2) is 4.79 Å². The quantitative estimate of drug-likeness (QED) is 0.807. The maximum atomic E-state index is 11.5. The maximum Gasteiger partial charge on any atom is 0.268 e. The molecule has 5 nitrogen and oxygen atoms in total. The molecule has 1 heterocycles. The van der Waals surface area contributed by atoms with Crippen molar-refractivity contribution >= 4 is 22.6 Å². The standard InChI is InChI=1S/C10H15IN2O3/c1-10(2,3)6(16-4)7-12-8(14)5(11)9(15)13-7/h6H,1-4H3,(H2,12,13,14,15). The third-order valence-electron chi connectivity index (χ3n) is 2.13. The third kappa shape index (κ3) is 2.73. The average molecular weight is 338 g/mol. The van der Waals surface area contributed by atoms with Crippen LogP contribution in [-0.2, 0) is 4.74 Å². The normalized spacial score (nSPS) is 13.8. The molecule has 0 aromatic carbocycles. The van der Waals surface area contributed by atoms with E-state index in [0.29, 0.717) is 5.82 Å². The maximum absolute atomic E-state index is 11.5. The Morgan fingerprint density at radius 3 is 2.44 bits per heavy atom. The number of methoxy groups -OCH3 is 1. The summed E-state index contributed by atoms with van der Waals surface area (Å²) < 4.78 is 5.49. The Bertz CT molecular complexity index is 437. The zero-order chi connectivity index (χ0) is 12.5. The first-order chi connectivity index (χ1) is 7.27. The monoisotopic (exact) mass is 338 g/mol. The van der Waals surface area contributed by atoms with Crippen molar-refractivity contribution in [1.82, 2.24) is 9.97 Å². The van der Waals surface area contributed by atoms with Gasteiger partial charge in [0.2, 0.25) is 5.88 Å². The molecule has 1 aromatic rings. The lowest BCUT2D eigenvalue weighted by Crippen LogP contribution is -2.26. The molecule has 0 spiro atoms. The summed E-state index contributed by atoms with van der Waals surface area (Å²) in [4.78, 5) is 18.0. The van der Waals surface area contributed by atoms with Gasteiger partial charge in [-0.25, -0.2) is 0 Å². The van der Waals surface area contributed by atoms with Crippen LogP contribution in [-0.4, -0.2) is 22.2 Å². The summed E-state index contributed by atoms with van der Waals surface area (Å²) >= 11 is 1.74. The van der Waals surface area contributed by atoms with Crippen molar-refractivity contribution in [1.29, 1.82) is 0 Å². The van der Waals surface area contributed by atoms with Crippen molar-refractivity contribution in [3.05, 3.63) is 19.7 Å². The second kappa shape index (κ2) is 4.70. The van der Waals surface area contributed by atoms with Crippen LogP contribution < -0.4 is 5.56 Å². The SMILES string of the molecule is COC(c1nc(O)c(I)c(=O)[nH]1)C(C)(C)C. The van der Waals surface area contributed by atoms with Gasteiger partial charge in [0.1, 0.15) is 15.5 Å². The van der Waals surface area contributed by atoms with Crippen molar-refractivity contribution in [2.75, 3.05) is 7.11 Å². The summed E-state index contributed by atoms with van der Waals surface area (Å²) in [5.41, 5.74) is -0.571. The van der Waals surface area contributed by atoms with E-state index in [1.165, 1.54) is 0 Å². The fraction of sp³-hybridized carbons (Fsp3) is 0.600. The van der Waals surface area contributed by atoms with Gasteiger partial charge in [0.05, 0.1) is 0 Å². The first kappa shape index (κ1) is 13.4. The summed E-state index contributed by atoms with van der Waals surface area (Å²) in [6.45, 7) is 5.91. The molecule has 0 aliphatic carbocycles. The Hall–Kier alpha value is -0.630. The van der Waals surface area contributed by atoms with Gasteiger partial charge in [0.15, 0.2) is 0 Å². The number of aromatic amines is 1. The molecule has 1 rings (SSSR count). The van der Waals surface area contributed by atoms with Crippen molar-refractivity contribution in [2.24, 2.45) is 5.41 Å². The van der Waals surface area contributed by atoms with Crippen LogP contribution >= 0.6 is 22.6 Å². The summed E-state index contributed by atoms with van der Waals surface area (Å²) in [6, 6.07) is 0. The Morgan fingerprint density at radius 1 is 1.50 bits per heavy atom. The van der Waals surface area contributed by atoms with Crippen molar-refractivity contribution < 1.29 is 9.84 Å². The minimum atomic E-state index is -0.372. The van der Waals surface area contributed by atoms with E-state index in [4.69, 9.17) is 4.74 Å². The molecule has 1 unspecified atom stereocenters. The van der Waals surface area contributed by atoms with Gasteiger partial charge < -0.3 is 14.8 Å². The molecular weight excluding hydrogens is 323 g/mol. The molecule has 1 aromatic heterocycles. The molecule has 0 bridgehead atoms. The molecule has 0 aliphatic rings. The molecular formula is C10H15IN2O3. The molecule has 6 heteroatoms. The number of hydrogen-bond donors (Lipinski definition) is 2. The molecule has 16 heavy (non-hydrogen) atoms. The highest BCUT2D eigenvalue weighted by molar-refractivity contribution is 14.1. The van der Waals surface area contributed by atoms with Crippen LogP contribution in [0.1, 0.15) is 32.7 Å². The van der Waals surface area contributed by atoms with Gasteiger partial charge in [0.25, 0.3) is 5.56 Å². The van der Waals surface area contributed by atoms with E-state index < -0.39 is 0 Å². The smallest absolute Gasteiger partial charge is 0.268 e. The number of nitrogens with zero attached hydrogens (tertiary/aromatic N) is 1. The number of ether oxygens (including phenoxy) is 1. The number of aromatic nitrogens is 2. The second-order valence-electron chi connectivity index (χ2n) is 4.57. The summed E-state index contributed by atoms with van der Waals surface area (Å²) in [6.07, 6.45) is -0.372. The molecule has 0 saturated carbocycles. The minimum absolute atomic E-state index is 0.185. The lowest BCUT2D eigenvalue weighted by molar-refractivity contribution is 0.00806. The number of H-pyrrole nitrogens is 1. The molecule has 0 amide bonds. The van der Waals surface area contributed by atoms with Gasteiger partial charge in [-0.3, -0.25) is 4.79 Å². The van der Waals surface area contributed by atoms with E-state index in [1.807, 2.05) is 20.8 Å². The highest BCUT2D eigenvalue weighted by Crippen LogP contribution is 2.33. The number of halogens is 1. The van der Waals surface area contributed by atoms with Crippen LogP contribution in [0.5, 0.6) is 5.88 Å². The van der Waals surface area contributed by atoms with E-state index in [1.54, 1.807) is 29.7 Å². The van der Waals surface area contributed by atoms with Crippen LogP contribution in [0.3, 0.4) is 0 Å². The highest BCUT2D eigenvalue weighted by Gasteiger charge is 2.29. The fourth-order valence-electron chi connectivity index (χ4n) is 1.46. The lowest BCUT2D eigenvalue weighted by atomic mass is 9.88. The first-order valence-electron chi connectivity index (χ1n) is 4.79. The Kier molecular flexibility index (Phi) is 3.95. The number of hydrogen-bond acceptors (Lipinski definition) is 4. The minimum Gasteiger partial charge on any atom is -0.492 e. The molecule has 2 N–H and O–H groups in total. The zero-order valence-electron chi connectivity index (χ0n) is 9.67. The van der Waals surface area contributed by atoms with Crippen molar-refractivity contribution in [2.45, 2.75) is 26.9 Å². The van der Waals surface area contributed by atoms with Crippen LogP contribution in [0.25, 0.3) is 0 Å². The van der Waals surface area contributed by atoms with Crippen LogP contribution in [0, 0.1) is 8.99 Å². The van der Waals surface area contributed by atoms with Gasteiger partial charge in [-0.05, 0) is 28.0 Å². The number of aromatic hydroxyl groups is 1. The van der Waals surface area contributed by atoms with Crippen molar-refractivity contribution in [3.63, 3.8) is 0 Å². The van der Waals surface area contributed by atoms with E-state index in [9.17, 15) is 9.90 Å². The van der Waals surface area contributed by atoms with Crippen LogP contribution in [0.4, 0.5) is 0 Å². The predicted molar refractivity (Wildman–Crippen MR) is 68.4 cm³/mol. The highest BCUT2D eigenvalue weighted by atomic mass is 127. The van der Waals surface area contributed by atoms with Gasteiger partial charge in [-0.1, -0.05) is 20.8 Å². The molecule has 0 aliphatic heterocycles. The van der Waals surface area contributed by atoms with E-state index in [2.05, 4.69) is 9.97 Å². The first-order valence-corrected chi connectivity index (χ1v) is 5.86. The molecule has 0 radical (unpaired) electrons. The second-order valence-corrected chi connectivity index (χ2v) is 5.65. The third-order valence-corrected chi connectivity index (χ3v) is 3.11. The molecule has 90 valence electrons. The molecule has 1 atom stereocenters. The zero-order valence-corrected chi connectivity index (χ0v) is 11.8. The number of nitrogens with one attached hydrogen (secondary N) is 1. The lowest BCUT2D eigenvalue weighted by Gasteiger charge is -2.28. The Balaban J connectivity index is 3.28. The average Bonchev–Trinajstić information content (AvgIpc) is 2.12. The fourth-order valence-corrected chi connectivity index (χ4v) is 1.72. The predicted octanol–water partition coefficient (Wildman–Crippen LogP) is 1.81. The van der Waals surface area contributed by atoms with E-state index >= 15 is 0 Å². The summed E-state index contributed by atoms with van der Waals surface area (Å²) in [5, 5.41) is 9.50. The van der Waals surface area contributed by atoms with Gasteiger partial charge >= 0.3 is 0 Å². The van der Waals surface area contributed by atoms with Crippen LogP contribution in [0.2, 0.25) is 0 Å². The van der Waals surface area contributed by atoms with Gasteiger partial charge in [-0.15, -0.1) is 0 Å². The topological polar surface area (TPSA) is 75.2 Å². The van der Waals surface area contributed by atoms with Crippen molar-refractivity contribution in [3.8, 4) is 5.88 Å². The van der Waals surface area contributed by atoms with Gasteiger partial charge in [0, 0.05) is 7.11 Å². The Labute approximate surface area is 107 Å². The molecule has 0 saturated heterocycles. The molecule has 0 fully saturated rings. The number of rotatable bonds is 2. The van der Waals surface area contributed by atoms with E-state index in [0.717, 1.165) is 0 Å². The van der Waals surface area contributed by atoms with E-state index in [-0.39, 0.29) is 26.5 Å².